The van der Waals surface area contributed by atoms with Gasteiger partial charge in [0, 0.05) is 80.1 Å². The van der Waals surface area contributed by atoms with Crippen LogP contribution in [-0.4, -0.2) is 102 Å². The van der Waals surface area contributed by atoms with Crippen molar-refractivity contribution in [2.45, 2.75) is 57.7 Å². The molecule has 2 saturated heterocycles. The van der Waals surface area contributed by atoms with Crippen LogP contribution < -0.4 is 10.2 Å². The summed E-state index contributed by atoms with van der Waals surface area (Å²) in [7, 11) is 1.99. The SMILES string of the molecule is C[C@@H]1CN(CC(=O)N2CC(C)(C)c3cnc(Cc4ccc(F)cc4)cc32)[C@@H](CN2C[C@H](C)N(C)CC2=O)CN1.Cl.Cl. The molecule has 1 aromatic heterocycles. The number of hydrogen-bond acceptors (Lipinski definition) is 6. The average Bonchev–Trinajstić information content (AvgIpc) is 3.15. The molecule has 3 aliphatic rings. The number of aromatic nitrogens is 1. The monoisotopic (exact) mass is 608 g/mol. The van der Waals surface area contributed by atoms with Gasteiger partial charge in [0.1, 0.15) is 5.82 Å². The van der Waals surface area contributed by atoms with E-state index in [1.54, 1.807) is 12.1 Å². The molecular weight excluding hydrogens is 566 g/mol. The summed E-state index contributed by atoms with van der Waals surface area (Å²) < 4.78 is 13.4. The maximum Gasteiger partial charge on any atom is 0.241 e. The molecule has 226 valence electrons. The van der Waals surface area contributed by atoms with Crippen LogP contribution in [0.1, 0.15) is 44.5 Å². The Morgan fingerprint density at radius 1 is 1.15 bits per heavy atom. The fraction of sp³-hybridized carbons (Fsp3) is 0.567. The van der Waals surface area contributed by atoms with Crippen LogP contribution in [0.25, 0.3) is 0 Å². The third kappa shape index (κ3) is 7.38. The van der Waals surface area contributed by atoms with Gasteiger partial charge < -0.3 is 15.1 Å². The second-order valence-corrected chi connectivity index (χ2v) is 12.3. The number of piperazine rings is 2. The van der Waals surface area contributed by atoms with Gasteiger partial charge in [0.2, 0.25) is 11.8 Å². The number of nitrogens with zero attached hydrogens (tertiary/aromatic N) is 5. The molecule has 3 atom stereocenters. The van der Waals surface area contributed by atoms with Crippen molar-refractivity contribution in [1.82, 2.24) is 25.0 Å². The highest BCUT2D eigenvalue weighted by molar-refractivity contribution is 5.97. The van der Waals surface area contributed by atoms with Crippen LogP contribution in [0.5, 0.6) is 0 Å². The van der Waals surface area contributed by atoms with E-state index in [1.807, 2.05) is 29.1 Å². The Morgan fingerprint density at radius 2 is 1.85 bits per heavy atom. The minimum absolute atomic E-state index is 0. The number of rotatable bonds is 6. The number of benzene rings is 1. The molecule has 11 heteroatoms. The summed E-state index contributed by atoms with van der Waals surface area (Å²) in [6.45, 7) is 12.8. The first-order valence-electron chi connectivity index (χ1n) is 14.0. The van der Waals surface area contributed by atoms with Gasteiger partial charge >= 0.3 is 0 Å². The predicted octanol–water partition coefficient (Wildman–Crippen LogP) is 3.10. The lowest BCUT2D eigenvalue weighted by molar-refractivity contribution is -0.138. The smallest absolute Gasteiger partial charge is 0.241 e. The van der Waals surface area contributed by atoms with E-state index >= 15 is 0 Å². The topological polar surface area (TPSA) is 72.0 Å². The molecule has 2 aromatic rings. The Balaban J connectivity index is 0.00000231. The zero-order valence-electron chi connectivity index (χ0n) is 24.6. The normalized spacial score (nSPS) is 24.4. The molecule has 0 unspecified atom stereocenters. The Hall–Kier alpha value is -2.30. The van der Waals surface area contributed by atoms with E-state index in [2.05, 4.69) is 47.8 Å². The number of anilines is 1. The molecule has 4 heterocycles. The lowest BCUT2D eigenvalue weighted by Crippen LogP contribution is -2.63. The van der Waals surface area contributed by atoms with Crippen molar-refractivity contribution < 1.29 is 14.0 Å². The number of likely N-dealkylation sites (N-methyl/N-ethyl adjacent to an activating group) is 1. The lowest BCUT2D eigenvalue weighted by atomic mass is 9.88. The maximum atomic E-state index is 13.9. The molecule has 0 radical (unpaired) electrons. The van der Waals surface area contributed by atoms with E-state index in [0.29, 0.717) is 45.2 Å². The first-order chi connectivity index (χ1) is 18.5. The Bertz CT molecular complexity index is 1230. The maximum absolute atomic E-state index is 13.9. The average molecular weight is 610 g/mol. The van der Waals surface area contributed by atoms with E-state index < -0.39 is 0 Å². The number of pyridine rings is 1. The fourth-order valence-electron chi connectivity index (χ4n) is 6.05. The first-order valence-corrected chi connectivity index (χ1v) is 14.0. The number of nitrogens with one attached hydrogen (secondary N) is 1. The molecular formula is C30H43Cl2FN6O2. The molecule has 0 saturated carbocycles. The molecule has 1 N–H and O–H groups in total. The number of amides is 2. The largest absolute Gasteiger partial charge is 0.338 e. The van der Waals surface area contributed by atoms with Crippen molar-refractivity contribution in [1.29, 1.82) is 0 Å². The highest BCUT2D eigenvalue weighted by Gasteiger charge is 2.40. The van der Waals surface area contributed by atoms with Gasteiger partial charge in [-0.25, -0.2) is 4.39 Å². The van der Waals surface area contributed by atoms with E-state index in [9.17, 15) is 14.0 Å². The van der Waals surface area contributed by atoms with Gasteiger partial charge in [-0.1, -0.05) is 26.0 Å². The van der Waals surface area contributed by atoms with Crippen LogP contribution in [0.2, 0.25) is 0 Å². The quantitative estimate of drug-likeness (QED) is 0.543. The summed E-state index contributed by atoms with van der Waals surface area (Å²) in [6.07, 6.45) is 2.47. The first kappa shape index (κ1) is 33.2. The second-order valence-electron chi connectivity index (χ2n) is 12.3. The van der Waals surface area contributed by atoms with Crippen molar-refractivity contribution >= 4 is 42.3 Å². The second kappa shape index (κ2) is 13.3. The number of carbonyl (C=O) groups is 2. The van der Waals surface area contributed by atoms with Crippen molar-refractivity contribution in [2.75, 3.05) is 57.8 Å². The van der Waals surface area contributed by atoms with Gasteiger partial charge in [-0.2, -0.15) is 0 Å². The van der Waals surface area contributed by atoms with Crippen molar-refractivity contribution in [3.8, 4) is 0 Å². The van der Waals surface area contributed by atoms with Gasteiger partial charge in [0.05, 0.1) is 18.8 Å². The molecule has 5 rings (SSSR count). The standard InChI is InChI=1S/C30H41FN6O2.2ClH/c1-20-14-35(25(12-32-20)16-36-15-21(2)34(5)17-28(36)38)18-29(39)37-19-30(3,4)26-13-33-24(11-27(26)37)10-22-6-8-23(31)9-7-22;;/h6-9,11,13,20-21,25,32H,10,12,14-19H2,1-5H3;2*1H/t20-,21+,25-;;/m1../s1. The van der Waals surface area contributed by atoms with Gasteiger partial charge in [0.25, 0.3) is 0 Å². The zero-order chi connectivity index (χ0) is 27.9. The minimum Gasteiger partial charge on any atom is -0.338 e. The molecule has 8 nitrogen and oxygen atoms in total. The zero-order valence-corrected chi connectivity index (χ0v) is 26.2. The van der Waals surface area contributed by atoms with Gasteiger partial charge in [-0.05, 0) is 44.7 Å². The predicted molar refractivity (Wildman–Crippen MR) is 165 cm³/mol. The lowest BCUT2D eigenvalue weighted by Gasteiger charge is -2.44. The molecule has 2 fully saturated rings. The highest BCUT2D eigenvalue weighted by Crippen LogP contribution is 2.40. The van der Waals surface area contributed by atoms with Gasteiger partial charge in [0.15, 0.2) is 0 Å². The van der Waals surface area contributed by atoms with Crippen LogP contribution in [0, 0.1) is 5.82 Å². The van der Waals surface area contributed by atoms with Crippen molar-refractivity contribution in [3.05, 3.63) is 59.2 Å². The molecule has 2 amide bonds. The Morgan fingerprint density at radius 3 is 2.56 bits per heavy atom. The van der Waals surface area contributed by atoms with Crippen LogP contribution in [0.4, 0.5) is 10.1 Å². The third-order valence-corrected chi connectivity index (χ3v) is 8.58. The van der Waals surface area contributed by atoms with Crippen LogP contribution >= 0.6 is 24.8 Å². The number of halogens is 3. The number of hydrogen-bond donors (Lipinski definition) is 1. The van der Waals surface area contributed by atoms with Gasteiger partial charge in [-0.3, -0.25) is 24.4 Å². The highest BCUT2D eigenvalue weighted by atomic mass is 35.5. The Kier molecular flexibility index (Phi) is 10.8. The third-order valence-electron chi connectivity index (χ3n) is 8.58. The van der Waals surface area contributed by atoms with E-state index in [4.69, 9.17) is 0 Å². The summed E-state index contributed by atoms with van der Waals surface area (Å²) >= 11 is 0. The summed E-state index contributed by atoms with van der Waals surface area (Å²) in [5, 5.41) is 3.55. The molecule has 0 spiro atoms. The van der Waals surface area contributed by atoms with E-state index in [1.165, 1.54) is 12.1 Å². The van der Waals surface area contributed by atoms with Gasteiger partial charge in [-0.15, -0.1) is 24.8 Å². The molecule has 0 bridgehead atoms. The van der Waals surface area contributed by atoms with Crippen molar-refractivity contribution in [2.24, 2.45) is 0 Å². The van der Waals surface area contributed by atoms with E-state index in [-0.39, 0.29) is 59.9 Å². The summed E-state index contributed by atoms with van der Waals surface area (Å²) in [5.74, 6) is -0.0407. The Labute approximate surface area is 255 Å². The molecule has 0 aliphatic carbocycles. The van der Waals surface area contributed by atoms with Crippen molar-refractivity contribution in [3.63, 3.8) is 0 Å². The fourth-order valence-corrected chi connectivity index (χ4v) is 6.05. The molecule has 41 heavy (non-hydrogen) atoms. The minimum atomic E-state index is -0.258. The summed E-state index contributed by atoms with van der Waals surface area (Å²) in [5.41, 5.74) is 3.61. The van der Waals surface area contributed by atoms with E-state index in [0.717, 1.165) is 35.6 Å². The van der Waals surface area contributed by atoms with Crippen LogP contribution in [0.15, 0.2) is 36.5 Å². The number of carbonyl (C=O) groups excluding carboxylic acids is 2. The molecule has 1 aromatic carbocycles. The summed E-state index contributed by atoms with van der Waals surface area (Å²) in [6, 6.07) is 9.15. The van der Waals surface area contributed by atoms with Crippen LogP contribution in [-0.2, 0) is 21.4 Å². The molecule has 3 aliphatic heterocycles. The van der Waals surface area contributed by atoms with Crippen LogP contribution in [0.3, 0.4) is 0 Å². The summed E-state index contributed by atoms with van der Waals surface area (Å²) in [4.78, 5) is 39.6. The number of fused-ring (bicyclic) bond motifs is 1.